The molecule has 4 nitrogen and oxygen atoms in total. The van der Waals surface area contributed by atoms with Gasteiger partial charge in [-0.3, -0.25) is 9.24 Å². The Kier molecular flexibility index (Phi) is 7.60. The van der Waals surface area contributed by atoms with Crippen molar-refractivity contribution in [3.63, 3.8) is 0 Å². The number of aliphatic imine (C=N–C) groups is 1. The van der Waals surface area contributed by atoms with Crippen LogP contribution in [0.15, 0.2) is 23.2 Å². The lowest BCUT2D eigenvalue weighted by Crippen LogP contribution is -2.41. The molecular weight excluding hydrogens is 407 g/mol. The Morgan fingerprint density at radius 1 is 1.50 bits per heavy atom. The molecule has 0 spiro atoms. The van der Waals surface area contributed by atoms with Gasteiger partial charge in [-0.05, 0) is 53.9 Å². The van der Waals surface area contributed by atoms with E-state index in [1.807, 2.05) is 29.8 Å². The summed E-state index contributed by atoms with van der Waals surface area (Å²) in [6.07, 6.45) is 0.936. The van der Waals surface area contributed by atoms with Crippen LogP contribution in [0.5, 0.6) is 0 Å². The van der Waals surface area contributed by atoms with Crippen molar-refractivity contribution in [2.75, 3.05) is 19.4 Å². The third-order valence-corrected chi connectivity index (χ3v) is 11.3. The van der Waals surface area contributed by atoms with Crippen LogP contribution in [0.3, 0.4) is 0 Å². The molecule has 1 aliphatic rings. The fraction of sp³-hybridized carbons (Fsp3) is 0.611. The highest BCUT2D eigenvalue weighted by atomic mass is 35.5. The van der Waals surface area contributed by atoms with Crippen LogP contribution in [0.1, 0.15) is 39.7 Å². The van der Waals surface area contributed by atoms with E-state index < -0.39 is 6.72 Å². The lowest BCUT2D eigenvalue weighted by Gasteiger charge is -2.42. The van der Waals surface area contributed by atoms with Crippen LogP contribution in [-0.4, -0.2) is 34.5 Å². The van der Waals surface area contributed by atoms with Crippen molar-refractivity contribution in [3.8, 4) is 0 Å². The maximum atomic E-state index is 13.7. The second-order valence-corrected chi connectivity index (χ2v) is 13.5. The SMILES string of the molecule is CCC(C)SP(=O)(OC)N1CC(C)(C)CSC1=Nc1ccc(Cl)cc1C. The van der Waals surface area contributed by atoms with Gasteiger partial charge in [-0.15, -0.1) is 0 Å². The van der Waals surface area contributed by atoms with E-state index in [1.54, 1.807) is 11.8 Å². The summed E-state index contributed by atoms with van der Waals surface area (Å²) in [4.78, 5) is 4.83. The van der Waals surface area contributed by atoms with Crippen molar-refractivity contribution in [2.24, 2.45) is 10.4 Å². The average Bonchev–Trinajstić information content (AvgIpc) is 2.58. The second-order valence-electron chi connectivity index (χ2n) is 7.31. The number of hydrogen-bond donors (Lipinski definition) is 0. The molecule has 0 bridgehead atoms. The van der Waals surface area contributed by atoms with E-state index in [9.17, 15) is 4.57 Å². The van der Waals surface area contributed by atoms with Crippen LogP contribution in [0.2, 0.25) is 5.02 Å². The molecule has 0 radical (unpaired) electrons. The van der Waals surface area contributed by atoms with Gasteiger partial charge in [0.1, 0.15) is 0 Å². The summed E-state index contributed by atoms with van der Waals surface area (Å²) in [5.74, 6) is 0.923. The molecule has 0 aliphatic carbocycles. The molecular formula is C18H28ClN2O2PS2. The molecule has 0 saturated carbocycles. The molecule has 0 aromatic heterocycles. The lowest BCUT2D eigenvalue weighted by molar-refractivity contribution is 0.308. The molecule has 2 rings (SSSR count). The molecule has 1 aromatic rings. The molecule has 26 heavy (non-hydrogen) atoms. The van der Waals surface area contributed by atoms with Gasteiger partial charge in [0.25, 0.3) is 0 Å². The highest BCUT2D eigenvalue weighted by Crippen LogP contribution is 2.66. The maximum Gasteiger partial charge on any atom is 0.355 e. The Morgan fingerprint density at radius 3 is 2.77 bits per heavy atom. The lowest BCUT2D eigenvalue weighted by atomic mass is 9.96. The number of amidine groups is 1. The van der Waals surface area contributed by atoms with Crippen LogP contribution in [0.25, 0.3) is 0 Å². The normalized spacial score (nSPS) is 22.3. The van der Waals surface area contributed by atoms with E-state index in [1.165, 1.54) is 18.5 Å². The molecule has 146 valence electrons. The van der Waals surface area contributed by atoms with Crippen molar-refractivity contribution in [3.05, 3.63) is 28.8 Å². The average molecular weight is 435 g/mol. The van der Waals surface area contributed by atoms with E-state index in [0.717, 1.165) is 28.6 Å². The monoisotopic (exact) mass is 434 g/mol. The summed E-state index contributed by atoms with van der Waals surface area (Å²) in [6, 6.07) is 5.63. The quantitative estimate of drug-likeness (QED) is 0.451. The van der Waals surface area contributed by atoms with E-state index in [-0.39, 0.29) is 10.7 Å². The zero-order valence-electron chi connectivity index (χ0n) is 16.3. The van der Waals surface area contributed by atoms with Gasteiger partial charge in [-0.25, -0.2) is 4.99 Å². The van der Waals surface area contributed by atoms with Crippen molar-refractivity contribution in [1.82, 2.24) is 4.67 Å². The van der Waals surface area contributed by atoms with Gasteiger partial charge in [0, 0.05) is 29.7 Å². The third kappa shape index (κ3) is 5.45. The van der Waals surface area contributed by atoms with Crippen molar-refractivity contribution in [2.45, 2.75) is 46.3 Å². The zero-order chi connectivity index (χ0) is 19.5. The van der Waals surface area contributed by atoms with Crippen LogP contribution in [-0.2, 0) is 9.09 Å². The molecule has 0 amide bonds. The van der Waals surface area contributed by atoms with Gasteiger partial charge >= 0.3 is 6.72 Å². The molecule has 1 fully saturated rings. The van der Waals surface area contributed by atoms with Crippen molar-refractivity contribution >= 4 is 52.3 Å². The molecule has 1 saturated heterocycles. The molecule has 8 heteroatoms. The summed E-state index contributed by atoms with van der Waals surface area (Å²) in [6.45, 7) is 8.11. The number of aryl methyl sites for hydroxylation is 1. The first-order valence-electron chi connectivity index (χ1n) is 8.70. The highest BCUT2D eigenvalue weighted by Gasteiger charge is 2.42. The van der Waals surface area contributed by atoms with E-state index >= 15 is 0 Å². The fourth-order valence-corrected chi connectivity index (χ4v) is 8.97. The van der Waals surface area contributed by atoms with E-state index in [2.05, 4.69) is 27.7 Å². The zero-order valence-corrected chi connectivity index (χ0v) is 19.6. The fourth-order valence-electron chi connectivity index (χ4n) is 2.48. The van der Waals surface area contributed by atoms with Gasteiger partial charge < -0.3 is 4.52 Å². The number of rotatable bonds is 6. The minimum Gasteiger partial charge on any atom is -0.309 e. The first-order valence-corrected chi connectivity index (χ1v) is 13.1. The topological polar surface area (TPSA) is 41.9 Å². The number of halogens is 1. The van der Waals surface area contributed by atoms with Crippen molar-refractivity contribution < 1.29 is 9.09 Å². The Balaban J connectivity index is 2.45. The minimum absolute atomic E-state index is 0.0307. The standard InChI is InChI=1S/C18H28ClN2O2PS2/c1-7-14(3)26-24(22,23-6)21-11-18(4,5)12-25-17(21)20-16-9-8-15(19)10-13(16)2/h8-10,14H,7,11-12H2,1-6H3. The number of thioether (sulfide) groups is 1. The second kappa shape index (κ2) is 8.91. The smallest absolute Gasteiger partial charge is 0.309 e. The molecule has 1 aliphatic heterocycles. The summed E-state index contributed by atoms with van der Waals surface area (Å²) >= 11 is 9.12. The molecule has 2 unspecified atom stereocenters. The Hall–Kier alpha value is -0.130. The van der Waals surface area contributed by atoms with Gasteiger partial charge in [0.15, 0.2) is 5.17 Å². The van der Waals surface area contributed by atoms with Gasteiger partial charge in [0.2, 0.25) is 0 Å². The van der Waals surface area contributed by atoms with Gasteiger partial charge in [0.05, 0.1) is 5.69 Å². The minimum atomic E-state index is -3.07. The number of benzene rings is 1. The van der Waals surface area contributed by atoms with E-state index in [4.69, 9.17) is 21.1 Å². The van der Waals surface area contributed by atoms with Crippen LogP contribution < -0.4 is 0 Å². The Morgan fingerprint density at radius 2 is 2.19 bits per heavy atom. The highest BCUT2D eigenvalue weighted by molar-refractivity contribution is 8.56. The Labute approximate surface area is 170 Å². The number of nitrogens with zero attached hydrogens (tertiary/aromatic N) is 2. The largest absolute Gasteiger partial charge is 0.355 e. The van der Waals surface area contributed by atoms with E-state index in [0.29, 0.717) is 11.6 Å². The molecule has 1 aromatic carbocycles. The van der Waals surface area contributed by atoms with Gasteiger partial charge in [-0.2, -0.15) is 0 Å². The van der Waals surface area contributed by atoms with Crippen LogP contribution >= 0.6 is 41.5 Å². The van der Waals surface area contributed by atoms with Crippen LogP contribution in [0.4, 0.5) is 5.69 Å². The molecule has 0 N–H and O–H groups in total. The third-order valence-electron chi connectivity index (χ3n) is 4.18. The maximum absolute atomic E-state index is 13.7. The Bertz CT molecular complexity index is 727. The predicted octanol–water partition coefficient (Wildman–Crippen LogP) is 7.00. The summed E-state index contributed by atoms with van der Waals surface area (Å²) < 4.78 is 21.2. The van der Waals surface area contributed by atoms with Crippen LogP contribution in [0, 0.1) is 12.3 Å². The summed E-state index contributed by atoms with van der Waals surface area (Å²) in [7, 11) is 1.54. The summed E-state index contributed by atoms with van der Waals surface area (Å²) in [5.41, 5.74) is 1.87. The first-order chi connectivity index (χ1) is 12.1. The predicted molar refractivity (Wildman–Crippen MR) is 118 cm³/mol. The van der Waals surface area contributed by atoms with Crippen molar-refractivity contribution in [1.29, 1.82) is 0 Å². The molecule has 2 atom stereocenters. The first kappa shape index (κ1) is 22.2. The van der Waals surface area contributed by atoms with Gasteiger partial charge in [-0.1, -0.05) is 51.1 Å². The number of hydrogen-bond acceptors (Lipinski definition) is 5. The summed E-state index contributed by atoms with van der Waals surface area (Å²) in [5, 5.41) is 1.70. The molecule has 1 heterocycles.